The zero-order valence-electron chi connectivity index (χ0n) is 15.6. The van der Waals surface area contributed by atoms with E-state index in [4.69, 9.17) is 4.74 Å². The maximum absolute atomic E-state index is 12.2. The first kappa shape index (κ1) is 18.5. The van der Waals surface area contributed by atoms with Crippen molar-refractivity contribution in [2.75, 3.05) is 19.6 Å². The van der Waals surface area contributed by atoms with E-state index in [0.717, 1.165) is 26.1 Å². The number of ether oxygens (including phenoxy) is 1. The highest BCUT2D eigenvalue weighted by atomic mass is 16.6. The monoisotopic (exact) mass is 325 g/mol. The maximum atomic E-state index is 12.2. The van der Waals surface area contributed by atoms with Crippen LogP contribution in [0.4, 0.5) is 4.79 Å². The molecule has 2 saturated heterocycles. The summed E-state index contributed by atoms with van der Waals surface area (Å²) in [4.78, 5) is 14.1. The van der Waals surface area contributed by atoms with Gasteiger partial charge in [0, 0.05) is 31.7 Å². The standard InChI is InChI=1S/C18H35N3O2/c1-14-8-6-9-15(2)21(14)19-12-16-10-7-11-20(13-16)17(22)23-18(3,4)5/h14-16,19H,6-13H2,1-5H3. The number of nitrogens with zero attached hydrogens (tertiary/aromatic N) is 2. The van der Waals surface area contributed by atoms with Gasteiger partial charge in [-0.25, -0.2) is 9.80 Å². The summed E-state index contributed by atoms with van der Waals surface area (Å²) in [5.74, 6) is 0.512. The summed E-state index contributed by atoms with van der Waals surface area (Å²) in [6.07, 6.45) is 5.95. The lowest BCUT2D eigenvalue weighted by Gasteiger charge is -2.41. The van der Waals surface area contributed by atoms with Crippen molar-refractivity contribution in [3.63, 3.8) is 0 Å². The summed E-state index contributed by atoms with van der Waals surface area (Å²) >= 11 is 0. The third-order valence-electron chi connectivity index (χ3n) is 4.93. The quantitative estimate of drug-likeness (QED) is 0.864. The van der Waals surface area contributed by atoms with Crippen molar-refractivity contribution in [3.05, 3.63) is 0 Å². The van der Waals surface area contributed by atoms with Gasteiger partial charge in [0.1, 0.15) is 5.60 Å². The van der Waals surface area contributed by atoms with Crippen molar-refractivity contribution in [3.8, 4) is 0 Å². The Morgan fingerprint density at radius 2 is 1.78 bits per heavy atom. The first-order valence-electron chi connectivity index (χ1n) is 9.26. The number of rotatable bonds is 3. The Hall–Kier alpha value is -0.810. The molecule has 23 heavy (non-hydrogen) atoms. The number of carbonyl (C=O) groups is 1. The van der Waals surface area contributed by atoms with Gasteiger partial charge in [-0.05, 0) is 66.2 Å². The number of likely N-dealkylation sites (tertiary alicyclic amines) is 1. The van der Waals surface area contributed by atoms with Gasteiger partial charge in [0.15, 0.2) is 0 Å². The molecule has 2 aliphatic heterocycles. The molecule has 3 unspecified atom stereocenters. The van der Waals surface area contributed by atoms with Crippen LogP contribution in [0.1, 0.15) is 66.7 Å². The van der Waals surface area contributed by atoms with Gasteiger partial charge < -0.3 is 9.64 Å². The van der Waals surface area contributed by atoms with Gasteiger partial charge in [-0.1, -0.05) is 6.42 Å². The van der Waals surface area contributed by atoms with Crippen LogP contribution >= 0.6 is 0 Å². The van der Waals surface area contributed by atoms with Crippen molar-refractivity contribution < 1.29 is 9.53 Å². The predicted molar refractivity (Wildman–Crippen MR) is 93.1 cm³/mol. The van der Waals surface area contributed by atoms with Gasteiger partial charge >= 0.3 is 6.09 Å². The fraction of sp³-hybridized carbons (Fsp3) is 0.944. The lowest BCUT2D eigenvalue weighted by Crippen LogP contribution is -2.54. The molecule has 2 heterocycles. The second-order valence-corrected chi connectivity index (χ2v) is 8.33. The Morgan fingerprint density at radius 3 is 2.39 bits per heavy atom. The molecule has 1 N–H and O–H groups in total. The molecule has 2 rings (SSSR count). The Morgan fingerprint density at radius 1 is 1.13 bits per heavy atom. The van der Waals surface area contributed by atoms with Crippen LogP contribution in [0, 0.1) is 5.92 Å². The van der Waals surface area contributed by atoms with E-state index in [0.29, 0.717) is 18.0 Å². The fourth-order valence-corrected chi connectivity index (χ4v) is 3.69. The number of carbonyl (C=O) groups excluding carboxylic acids is 1. The largest absolute Gasteiger partial charge is 0.444 e. The summed E-state index contributed by atoms with van der Waals surface area (Å²) in [5, 5.41) is 2.43. The van der Waals surface area contributed by atoms with E-state index in [9.17, 15) is 4.79 Å². The lowest BCUT2D eigenvalue weighted by atomic mass is 9.97. The minimum atomic E-state index is -0.416. The molecule has 0 aromatic carbocycles. The number of nitrogens with one attached hydrogen (secondary N) is 1. The Balaban J connectivity index is 1.80. The molecule has 2 fully saturated rings. The van der Waals surface area contributed by atoms with E-state index < -0.39 is 5.60 Å². The minimum Gasteiger partial charge on any atom is -0.444 e. The van der Waals surface area contributed by atoms with Crippen LogP contribution in [0.2, 0.25) is 0 Å². The van der Waals surface area contributed by atoms with E-state index in [-0.39, 0.29) is 6.09 Å². The average molecular weight is 325 g/mol. The second-order valence-electron chi connectivity index (χ2n) is 8.33. The third kappa shape index (κ3) is 5.64. The van der Waals surface area contributed by atoms with Crippen molar-refractivity contribution in [1.82, 2.24) is 15.3 Å². The first-order chi connectivity index (χ1) is 10.8. The molecule has 3 atom stereocenters. The SMILES string of the molecule is CC1CCCC(C)N1NCC1CCCN(C(=O)OC(C)(C)C)C1. The average Bonchev–Trinajstić information content (AvgIpc) is 2.45. The molecule has 0 radical (unpaired) electrons. The highest BCUT2D eigenvalue weighted by Gasteiger charge is 2.29. The van der Waals surface area contributed by atoms with Crippen LogP contribution in [0.5, 0.6) is 0 Å². The van der Waals surface area contributed by atoms with Gasteiger partial charge in [0.05, 0.1) is 0 Å². The van der Waals surface area contributed by atoms with Crippen molar-refractivity contribution in [2.45, 2.75) is 84.4 Å². The summed E-state index contributed by atoms with van der Waals surface area (Å²) in [5.41, 5.74) is 3.24. The molecule has 2 aliphatic rings. The summed E-state index contributed by atoms with van der Waals surface area (Å²) < 4.78 is 5.51. The predicted octanol–water partition coefficient (Wildman–Crippen LogP) is 3.40. The van der Waals surface area contributed by atoms with Crippen LogP contribution < -0.4 is 5.43 Å². The molecule has 0 aliphatic carbocycles. The third-order valence-corrected chi connectivity index (χ3v) is 4.93. The number of hydrogen-bond donors (Lipinski definition) is 1. The number of hydrazine groups is 1. The molecule has 1 amide bonds. The van der Waals surface area contributed by atoms with Gasteiger partial charge in [-0.15, -0.1) is 0 Å². The van der Waals surface area contributed by atoms with E-state index in [1.807, 2.05) is 25.7 Å². The van der Waals surface area contributed by atoms with Crippen molar-refractivity contribution >= 4 is 6.09 Å². The molecule has 0 saturated carbocycles. The number of hydrogen-bond acceptors (Lipinski definition) is 4. The second kappa shape index (κ2) is 7.84. The van der Waals surface area contributed by atoms with Gasteiger partial charge in [0.25, 0.3) is 0 Å². The van der Waals surface area contributed by atoms with E-state index in [1.54, 1.807) is 0 Å². The zero-order chi connectivity index (χ0) is 17.0. The molecule has 134 valence electrons. The van der Waals surface area contributed by atoms with E-state index >= 15 is 0 Å². The molecule has 0 bridgehead atoms. The van der Waals surface area contributed by atoms with Crippen LogP contribution in [-0.2, 0) is 4.74 Å². The van der Waals surface area contributed by atoms with Crippen molar-refractivity contribution in [1.29, 1.82) is 0 Å². The minimum absolute atomic E-state index is 0.165. The summed E-state index contributed by atoms with van der Waals surface area (Å²) in [7, 11) is 0. The first-order valence-corrected chi connectivity index (χ1v) is 9.26. The molecule has 5 nitrogen and oxygen atoms in total. The molecule has 5 heteroatoms. The normalized spacial score (nSPS) is 30.3. The van der Waals surface area contributed by atoms with Crippen LogP contribution in [0.15, 0.2) is 0 Å². The van der Waals surface area contributed by atoms with Crippen LogP contribution in [-0.4, -0.2) is 53.3 Å². The maximum Gasteiger partial charge on any atom is 0.410 e. The topological polar surface area (TPSA) is 44.8 Å². The summed E-state index contributed by atoms with van der Waals surface area (Å²) in [6, 6.07) is 1.20. The lowest BCUT2D eigenvalue weighted by molar-refractivity contribution is 0.00969. The molecular formula is C18H35N3O2. The number of piperidine rings is 2. The Kier molecular flexibility index (Phi) is 6.32. The van der Waals surface area contributed by atoms with E-state index in [1.165, 1.54) is 25.7 Å². The van der Waals surface area contributed by atoms with Crippen LogP contribution in [0.3, 0.4) is 0 Å². The number of amides is 1. The van der Waals surface area contributed by atoms with Gasteiger partial charge in [-0.3, -0.25) is 5.43 Å². The fourth-order valence-electron chi connectivity index (χ4n) is 3.69. The molecular weight excluding hydrogens is 290 g/mol. The highest BCUT2D eigenvalue weighted by Crippen LogP contribution is 2.22. The zero-order valence-corrected chi connectivity index (χ0v) is 15.6. The van der Waals surface area contributed by atoms with Gasteiger partial charge in [-0.2, -0.15) is 0 Å². The van der Waals surface area contributed by atoms with Crippen molar-refractivity contribution in [2.24, 2.45) is 5.92 Å². The Labute approximate surface area is 141 Å². The molecule has 0 aromatic heterocycles. The smallest absolute Gasteiger partial charge is 0.410 e. The molecule has 0 spiro atoms. The van der Waals surface area contributed by atoms with E-state index in [2.05, 4.69) is 24.3 Å². The Bertz CT molecular complexity index is 384. The van der Waals surface area contributed by atoms with Crippen LogP contribution in [0.25, 0.3) is 0 Å². The summed E-state index contributed by atoms with van der Waals surface area (Å²) in [6.45, 7) is 13.0. The highest BCUT2D eigenvalue weighted by molar-refractivity contribution is 5.68. The molecule has 0 aromatic rings. The van der Waals surface area contributed by atoms with Gasteiger partial charge in [0.2, 0.25) is 0 Å².